The third-order valence-electron chi connectivity index (χ3n) is 2.86. The summed E-state index contributed by atoms with van der Waals surface area (Å²) in [6.07, 6.45) is 1.70. The first kappa shape index (κ1) is 13.3. The lowest BCUT2D eigenvalue weighted by Crippen LogP contribution is -2.08. The fraction of sp³-hybridized carbons (Fsp3) is 0.214. The van der Waals surface area contributed by atoms with Gasteiger partial charge in [-0.05, 0) is 23.8 Å². The van der Waals surface area contributed by atoms with Crippen LogP contribution in [0.2, 0.25) is 0 Å². The zero-order valence-electron chi connectivity index (χ0n) is 10.5. The molecule has 4 nitrogen and oxygen atoms in total. The fourth-order valence-corrected chi connectivity index (χ4v) is 1.93. The quantitative estimate of drug-likeness (QED) is 0.901. The van der Waals surface area contributed by atoms with Crippen molar-refractivity contribution in [1.82, 2.24) is 4.57 Å². The van der Waals surface area contributed by atoms with Gasteiger partial charge in [0.2, 0.25) is 0 Å². The normalized spacial score (nSPS) is 10.6. The number of benzene rings is 1. The van der Waals surface area contributed by atoms with E-state index in [0.29, 0.717) is 12.2 Å². The lowest BCUT2D eigenvalue weighted by molar-refractivity contribution is 0.0691. The Bertz CT molecular complexity index is 575. The predicted molar refractivity (Wildman–Crippen MR) is 67.6 cm³/mol. The van der Waals surface area contributed by atoms with Crippen molar-refractivity contribution in [3.8, 4) is 0 Å². The molecule has 0 saturated heterocycles. The molecule has 19 heavy (non-hydrogen) atoms. The first-order chi connectivity index (χ1) is 9.11. The molecule has 1 heterocycles. The van der Waals surface area contributed by atoms with Gasteiger partial charge in [0.05, 0.1) is 17.9 Å². The summed E-state index contributed by atoms with van der Waals surface area (Å²) in [5, 5.41) is 9.09. The summed E-state index contributed by atoms with van der Waals surface area (Å²) in [4.78, 5) is 11.1. The van der Waals surface area contributed by atoms with Crippen molar-refractivity contribution < 1.29 is 19.0 Å². The van der Waals surface area contributed by atoms with Gasteiger partial charge in [0.25, 0.3) is 0 Å². The molecule has 0 aliphatic carbocycles. The number of ether oxygens (including phenoxy) is 1. The molecule has 0 fully saturated rings. The number of hydrogen-bond donors (Lipinski definition) is 1. The van der Waals surface area contributed by atoms with E-state index < -0.39 is 5.97 Å². The maximum atomic E-state index is 12.8. The Hall–Kier alpha value is -2.14. The zero-order valence-corrected chi connectivity index (χ0v) is 10.5. The number of carbonyl (C=O) groups is 1. The van der Waals surface area contributed by atoms with Crippen LogP contribution >= 0.6 is 0 Å². The lowest BCUT2D eigenvalue weighted by Gasteiger charge is -2.10. The van der Waals surface area contributed by atoms with E-state index in [1.54, 1.807) is 29.0 Å². The van der Waals surface area contributed by atoms with E-state index in [0.717, 1.165) is 5.56 Å². The fourth-order valence-electron chi connectivity index (χ4n) is 1.93. The van der Waals surface area contributed by atoms with Gasteiger partial charge >= 0.3 is 5.97 Å². The molecule has 2 rings (SSSR count). The molecule has 2 aromatic rings. The molecular weight excluding hydrogens is 249 g/mol. The van der Waals surface area contributed by atoms with E-state index in [9.17, 15) is 9.18 Å². The van der Waals surface area contributed by atoms with Gasteiger partial charge in [-0.2, -0.15) is 0 Å². The van der Waals surface area contributed by atoms with Gasteiger partial charge in [0.1, 0.15) is 5.82 Å². The zero-order chi connectivity index (χ0) is 13.8. The van der Waals surface area contributed by atoms with Crippen molar-refractivity contribution in [1.29, 1.82) is 0 Å². The standard InChI is InChI=1S/C14H14FNO3/c1-19-9-13-12(14(17)18)6-7-16(13)8-10-2-4-11(15)5-3-10/h2-7H,8-9H2,1H3,(H,17,18). The van der Waals surface area contributed by atoms with Gasteiger partial charge in [0, 0.05) is 19.9 Å². The molecule has 0 aliphatic rings. The van der Waals surface area contributed by atoms with Crippen LogP contribution < -0.4 is 0 Å². The number of methoxy groups -OCH3 is 1. The van der Waals surface area contributed by atoms with E-state index in [1.807, 2.05) is 0 Å². The Balaban J connectivity index is 2.29. The van der Waals surface area contributed by atoms with Crippen molar-refractivity contribution >= 4 is 5.97 Å². The van der Waals surface area contributed by atoms with Crippen LogP contribution in [0.4, 0.5) is 4.39 Å². The smallest absolute Gasteiger partial charge is 0.337 e. The van der Waals surface area contributed by atoms with Crippen LogP contribution in [0.3, 0.4) is 0 Å². The maximum absolute atomic E-state index is 12.8. The number of halogens is 1. The van der Waals surface area contributed by atoms with E-state index >= 15 is 0 Å². The first-order valence-electron chi connectivity index (χ1n) is 5.76. The highest BCUT2D eigenvalue weighted by Gasteiger charge is 2.14. The van der Waals surface area contributed by atoms with Crippen LogP contribution in [0.5, 0.6) is 0 Å². The molecule has 0 saturated carbocycles. The van der Waals surface area contributed by atoms with Crippen LogP contribution in [-0.2, 0) is 17.9 Å². The van der Waals surface area contributed by atoms with Gasteiger partial charge in [0.15, 0.2) is 0 Å². The summed E-state index contributed by atoms with van der Waals surface area (Å²) < 4.78 is 19.7. The molecule has 1 aromatic heterocycles. The number of carboxylic acid groups (broad SMARTS) is 1. The summed E-state index contributed by atoms with van der Waals surface area (Å²) in [6.45, 7) is 0.697. The SMILES string of the molecule is COCc1c(C(=O)O)ccn1Cc1ccc(F)cc1. The molecule has 0 spiro atoms. The Kier molecular flexibility index (Phi) is 3.97. The minimum Gasteiger partial charge on any atom is -0.478 e. The number of carboxylic acids is 1. The van der Waals surface area contributed by atoms with E-state index in [4.69, 9.17) is 9.84 Å². The predicted octanol–water partition coefficient (Wildman–Crippen LogP) is 2.52. The van der Waals surface area contributed by atoms with E-state index in [2.05, 4.69) is 0 Å². The monoisotopic (exact) mass is 263 g/mol. The molecule has 1 aromatic carbocycles. The topological polar surface area (TPSA) is 51.5 Å². The minimum absolute atomic E-state index is 0.218. The third kappa shape index (κ3) is 3.00. The van der Waals surface area contributed by atoms with Crippen molar-refractivity contribution in [3.63, 3.8) is 0 Å². The molecule has 0 amide bonds. The number of aromatic nitrogens is 1. The van der Waals surface area contributed by atoms with E-state index in [1.165, 1.54) is 19.2 Å². The molecule has 1 N–H and O–H groups in total. The maximum Gasteiger partial charge on any atom is 0.337 e. The molecule has 5 heteroatoms. The second-order valence-electron chi connectivity index (χ2n) is 4.17. The second-order valence-corrected chi connectivity index (χ2v) is 4.17. The van der Waals surface area contributed by atoms with Gasteiger partial charge < -0.3 is 14.4 Å². The number of rotatable bonds is 5. The van der Waals surface area contributed by atoms with Gasteiger partial charge in [-0.25, -0.2) is 9.18 Å². The average Bonchev–Trinajstić information content (AvgIpc) is 2.76. The molecule has 0 unspecified atom stereocenters. The van der Waals surface area contributed by atoms with Crippen LogP contribution in [0.15, 0.2) is 36.5 Å². The largest absolute Gasteiger partial charge is 0.478 e. The van der Waals surface area contributed by atoms with Crippen LogP contribution in [0.1, 0.15) is 21.6 Å². The Labute approximate surface area is 110 Å². The van der Waals surface area contributed by atoms with Gasteiger partial charge in [-0.15, -0.1) is 0 Å². The second kappa shape index (κ2) is 5.67. The Morgan fingerprint density at radius 1 is 1.32 bits per heavy atom. The Morgan fingerprint density at radius 2 is 2.00 bits per heavy atom. The molecule has 0 atom stereocenters. The summed E-state index contributed by atoms with van der Waals surface area (Å²) in [5.41, 5.74) is 1.72. The number of aromatic carboxylic acids is 1. The third-order valence-corrected chi connectivity index (χ3v) is 2.86. The van der Waals surface area contributed by atoms with Crippen molar-refractivity contribution in [3.05, 3.63) is 59.2 Å². The summed E-state index contributed by atoms with van der Waals surface area (Å²) in [5.74, 6) is -1.27. The highest BCUT2D eigenvalue weighted by Crippen LogP contribution is 2.15. The van der Waals surface area contributed by atoms with Crippen molar-refractivity contribution in [2.45, 2.75) is 13.2 Å². The molecule has 0 aliphatic heterocycles. The van der Waals surface area contributed by atoms with Crippen molar-refractivity contribution in [2.75, 3.05) is 7.11 Å². The minimum atomic E-state index is -0.982. The first-order valence-corrected chi connectivity index (χ1v) is 5.76. The summed E-state index contributed by atoms with van der Waals surface area (Å²) in [7, 11) is 1.51. The Morgan fingerprint density at radius 3 is 2.58 bits per heavy atom. The highest BCUT2D eigenvalue weighted by atomic mass is 19.1. The van der Waals surface area contributed by atoms with Crippen LogP contribution in [0.25, 0.3) is 0 Å². The van der Waals surface area contributed by atoms with Gasteiger partial charge in [-0.1, -0.05) is 12.1 Å². The van der Waals surface area contributed by atoms with Crippen LogP contribution in [-0.4, -0.2) is 22.8 Å². The molecule has 100 valence electrons. The summed E-state index contributed by atoms with van der Waals surface area (Å²) in [6, 6.07) is 7.65. The van der Waals surface area contributed by atoms with Crippen LogP contribution in [0, 0.1) is 5.82 Å². The number of hydrogen-bond acceptors (Lipinski definition) is 2. The average molecular weight is 263 g/mol. The molecule has 0 bridgehead atoms. The van der Waals surface area contributed by atoms with E-state index in [-0.39, 0.29) is 18.0 Å². The highest BCUT2D eigenvalue weighted by molar-refractivity contribution is 5.89. The van der Waals surface area contributed by atoms with Crippen molar-refractivity contribution in [2.24, 2.45) is 0 Å². The molecule has 0 radical (unpaired) electrons. The lowest BCUT2D eigenvalue weighted by atomic mass is 10.2. The summed E-state index contributed by atoms with van der Waals surface area (Å²) >= 11 is 0. The number of nitrogens with zero attached hydrogens (tertiary/aromatic N) is 1. The molecular formula is C14H14FNO3. The van der Waals surface area contributed by atoms with Gasteiger partial charge in [-0.3, -0.25) is 0 Å².